The Balaban J connectivity index is 1.56. The van der Waals surface area contributed by atoms with Gasteiger partial charge in [-0.3, -0.25) is 9.59 Å². The summed E-state index contributed by atoms with van der Waals surface area (Å²) >= 11 is 0. The first-order chi connectivity index (χ1) is 11.8. The second-order valence-corrected chi connectivity index (χ2v) is 6.71. The predicted octanol–water partition coefficient (Wildman–Crippen LogP) is 2.57. The molecule has 3 rings (SSSR count). The fourth-order valence-corrected chi connectivity index (χ4v) is 2.46. The number of aryl methyl sites for hydroxylation is 1. The summed E-state index contributed by atoms with van der Waals surface area (Å²) in [6, 6.07) is 10.1. The Hall–Kier alpha value is -2.60. The lowest BCUT2D eigenvalue weighted by atomic mass is 10.0. The molecule has 132 valence electrons. The summed E-state index contributed by atoms with van der Waals surface area (Å²) in [7, 11) is 0. The zero-order valence-corrected chi connectivity index (χ0v) is 14.3. The highest BCUT2D eigenvalue weighted by Gasteiger charge is 2.30. The van der Waals surface area contributed by atoms with Gasteiger partial charge in [-0.1, -0.05) is 0 Å². The average molecular weight is 342 g/mol. The highest BCUT2D eigenvalue weighted by Crippen LogP contribution is 2.30. The van der Waals surface area contributed by atoms with E-state index in [0.717, 1.165) is 12.8 Å². The van der Waals surface area contributed by atoms with Crippen molar-refractivity contribution in [1.29, 1.82) is 0 Å². The zero-order valence-electron chi connectivity index (χ0n) is 14.3. The van der Waals surface area contributed by atoms with Crippen molar-refractivity contribution < 1.29 is 19.1 Å². The third-order valence-corrected chi connectivity index (χ3v) is 4.23. The summed E-state index contributed by atoms with van der Waals surface area (Å²) in [6.07, 6.45) is 1.89. The lowest BCUT2D eigenvalue weighted by molar-refractivity contribution is -0.117. The maximum atomic E-state index is 12.2. The van der Waals surface area contributed by atoms with Crippen LogP contribution in [0.25, 0.3) is 0 Å². The van der Waals surface area contributed by atoms with E-state index in [0.29, 0.717) is 22.8 Å². The molecule has 0 bridgehead atoms. The number of nitrogens with one attached hydrogen (secondary N) is 2. The summed E-state index contributed by atoms with van der Waals surface area (Å²) in [4.78, 5) is 24.0. The molecule has 0 spiro atoms. The van der Waals surface area contributed by atoms with Gasteiger partial charge < -0.3 is 20.2 Å². The van der Waals surface area contributed by atoms with Crippen molar-refractivity contribution in [2.45, 2.75) is 32.3 Å². The van der Waals surface area contributed by atoms with Crippen molar-refractivity contribution >= 4 is 17.5 Å². The maximum Gasteiger partial charge on any atom is 0.251 e. The smallest absolute Gasteiger partial charge is 0.251 e. The third-order valence-electron chi connectivity index (χ3n) is 4.23. The largest absolute Gasteiger partial charge is 0.463 e. The van der Waals surface area contributed by atoms with Gasteiger partial charge in [0.05, 0.1) is 6.54 Å². The second-order valence-electron chi connectivity index (χ2n) is 6.71. The Kier molecular flexibility index (Phi) is 4.63. The number of hydrogen-bond acceptors (Lipinski definition) is 4. The molecule has 1 aromatic heterocycles. The number of aliphatic hydroxyl groups is 1. The first kappa shape index (κ1) is 17.2. The van der Waals surface area contributed by atoms with Crippen LogP contribution in [0, 0.1) is 12.8 Å². The van der Waals surface area contributed by atoms with Crippen molar-refractivity contribution in [3.63, 3.8) is 0 Å². The highest BCUT2D eigenvalue weighted by molar-refractivity contribution is 5.96. The molecule has 6 nitrogen and oxygen atoms in total. The van der Waals surface area contributed by atoms with Crippen molar-refractivity contribution in [2.24, 2.45) is 5.92 Å². The standard InChI is InChI=1S/C19H22N2O4/c1-12-3-10-16(25-12)19(2,24)11-20-17(22)13-6-8-15(9-7-13)21-18(23)14-4-5-14/h3,6-10,14,24H,4-5,11H2,1-2H3,(H,20,22)(H,21,23). The first-order valence-corrected chi connectivity index (χ1v) is 8.33. The molecule has 0 aliphatic heterocycles. The molecule has 2 aromatic rings. The molecular weight excluding hydrogens is 320 g/mol. The molecule has 1 saturated carbocycles. The van der Waals surface area contributed by atoms with E-state index in [9.17, 15) is 14.7 Å². The van der Waals surface area contributed by atoms with Gasteiger partial charge in [0.2, 0.25) is 5.91 Å². The van der Waals surface area contributed by atoms with Crippen LogP contribution < -0.4 is 10.6 Å². The molecular formula is C19H22N2O4. The molecule has 0 saturated heterocycles. The molecule has 1 aromatic carbocycles. The van der Waals surface area contributed by atoms with Crippen LogP contribution in [0.3, 0.4) is 0 Å². The number of benzene rings is 1. The van der Waals surface area contributed by atoms with Gasteiger partial charge in [-0.05, 0) is 63.1 Å². The first-order valence-electron chi connectivity index (χ1n) is 8.33. The SMILES string of the molecule is Cc1ccc(C(C)(O)CNC(=O)c2ccc(NC(=O)C3CC3)cc2)o1. The van der Waals surface area contributed by atoms with E-state index >= 15 is 0 Å². The van der Waals surface area contributed by atoms with Crippen LogP contribution in [-0.2, 0) is 10.4 Å². The van der Waals surface area contributed by atoms with Crippen LogP contribution in [0.15, 0.2) is 40.8 Å². The van der Waals surface area contributed by atoms with Crippen molar-refractivity contribution in [3.05, 3.63) is 53.5 Å². The lowest BCUT2D eigenvalue weighted by Crippen LogP contribution is -2.38. The molecule has 25 heavy (non-hydrogen) atoms. The van der Waals surface area contributed by atoms with Crippen LogP contribution in [0.2, 0.25) is 0 Å². The lowest BCUT2D eigenvalue weighted by Gasteiger charge is -2.21. The fourth-order valence-electron chi connectivity index (χ4n) is 2.46. The van der Waals surface area contributed by atoms with Crippen LogP contribution in [0.1, 0.15) is 41.6 Å². The van der Waals surface area contributed by atoms with Crippen molar-refractivity contribution in [3.8, 4) is 0 Å². The van der Waals surface area contributed by atoms with Gasteiger partial charge in [-0.25, -0.2) is 0 Å². The molecule has 2 amide bonds. The van der Waals surface area contributed by atoms with E-state index in [1.807, 2.05) is 0 Å². The summed E-state index contributed by atoms with van der Waals surface area (Å²) < 4.78 is 5.42. The summed E-state index contributed by atoms with van der Waals surface area (Å²) in [5.41, 5.74) is -0.162. The third kappa shape index (κ3) is 4.28. The Bertz CT molecular complexity index is 773. The van der Waals surface area contributed by atoms with E-state index in [4.69, 9.17) is 4.42 Å². The quantitative estimate of drug-likeness (QED) is 0.752. The molecule has 0 radical (unpaired) electrons. The van der Waals surface area contributed by atoms with E-state index in [-0.39, 0.29) is 24.3 Å². The van der Waals surface area contributed by atoms with E-state index in [1.54, 1.807) is 50.2 Å². The van der Waals surface area contributed by atoms with Gasteiger partial charge in [0, 0.05) is 17.2 Å². The Labute approximate surface area is 146 Å². The summed E-state index contributed by atoms with van der Waals surface area (Å²) in [6.45, 7) is 3.41. The number of hydrogen-bond donors (Lipinski definition) is 3. The number of anilines is 1. The van der Waals surface area contributed by atoms with Crippen LogP contribution in [-0.4, -0.2) is 23.5 Å². The van der Waals surface area contributed by atoms with Crippen LogP contribution in [0.4, 0.5) is 5.69 Å². The Morgan fingerprint density at radius 2 is 1.88 bits per heavy atom. The van der Waals surface area contributed by atoms with Gasteiger partial charge in [0.25, 0.3) is 5.91 Å². The number of carbonyl (C=O) groups excluding carboxylic acids is 2. The van der Waals surface area contributed by atoms with Gasteiger partial charge in [0.15, 0.2) is 0 Å². The molecule has 1 aliphatic carbocycles. The van der Waals surface area contributed by atoms with Gasteiger partial charge in [-0.2, -0.15) is 0 Å². The molecule has 1 heterocycles. The minimum absolute atomic E-state index is 0.0267. The number of rotatable bonds is 6. The molecule has 1 atom stereocenters. The van der Waals surface area contributed by atoms with Crippen molar-refractivity contribution in [2.75, 3.05) is 11.9 Å². The average Bonchev–Trinajstić information content (AvgIpc) is 3.34. The summed E-state index contributed by atoms with van der Waals surface area (Å²) in [5.74, 6) is 0.968. The number of furan rings is 1. The highest BCUT2D eigenvalue weighted by atomic mass is 16.4. The van der Waals surface area contributed by atoms with Gasteiger partial charge >= 0.3 is 0 Å². The maximum absolute atomic E-state index is 12.2. The molecule has 1 fully saturated rings. The van der Waals surface area contributed by atoms with Gasteiger partial charge in [-0.15, -0.1) is 0 Å². The van der Waals surface area contributed by atoms with Crippen molar-refractivity contribution in [1.82, 2.24) is 5.32 Å². The second kappa shape index (κ2) is 6.72. The minimum atomic E-state index is -1.29. The van der Waals surface area contributed by atoms with Crippen LogP contribution >= 0.6 is 0 Å². The predicted molar refractivity (Wildman–Crippen MR) is 93.1 cm³/mol. The summed E-state index contributed by atoms with van der Waals surface area (Å²) in [5, 5.41) is 16.0. The minimum Gasteiger partial charge on any atom is -0.463 e. The number of amides is 2. The molecule has 3 N–H and O–H groups in total. The van der Waals surface area contributed by atoms with Gasteiger partial charge in [0.1, 0.15) is 17.1 Å². The van der Waals surface area contributed by atoms with E-state index in [1.165, 1.54) is 0 Å². The molecule has 1 unspecified atom stereocenters. The number of carbonyl (C=O) groups is 2. The van der Waals surface area contributed by atoms with E-state index < -0.39 is 5.60 Å². The Morgan fingerprint density at radius 3 is 2.44 bits per heavy atom. The monoisotopic (exact) mass is 342 g/mol. The Morgan fingerprint density at radius 1 is 1.20 bits per heavy atom. The molecule has 6 heteroatoms. The zero-order chi connectivity index (χ0) is 18.0. The molecule has 1 aliphatic rings. The topological polar surface area (TPSA) is 91.6 Å². The van der Waals surface area contributed by atoms with Crippen LogP contribution in [0.5, 0.6) is 0 Å². The van der Waals surface area contributed by atoms with E-state index in [2.05, 4.69) is 10.6 Å². The normalized spacial score (nSPS) is 16.1. The fraction of sp³-hybridized carbons (Fsp3) is 0.368.